The second-order valence-corrected chi connectivity index (χ2v) is 3.58. The zero-order chi connectivity index (χ0) is 12.8. The first kappa shape index (κ1) is 13.2. The maximum Gasteiger partial charge on any atom is 0.307 e. The maximum absolute atomic E-state index is 12.8. The smallest absolute Gasteiger partial charge is 0.307 e. The molecule has 0 saturated carbocycles. The van der Waals surface area contributed by atoms with E-state index in [1.165, 1.54) is 38.3 Å². The molecule has 0 heterocycles. The Morgan fingerprint density at radius 2 is 1.94 bits per heavy atom. The third-order valence-electron chi connectivity index (χ3n) is 2.25. The Bertz CT molecular complexity index is 403. The van der Waals surface area contributed by atoms with E-state index < -0.39 is 12.0 Å². The van der Waals surface area contributed by atoms with Crippen LogP contribution in [-0.4, -0.2) is 19.0 Å². The minimum atomic E-state index is -0.499. The van der Waals surface area contributed by atoms with Crippen LogP contribution < -0.4 is 5.32 Å². The summed E-state index contributed by atoms with van der Waals surface area (Å²) >= 11 is 0. The number of benzene rings is 1. The Labute approximate surface area is 98.8 Å². The van der Waals surface area contributed by atoms with Crippen LogP contribution in [0.3, 0.4) is 0 Å². The SMILES string of the molecule is COC(=O)CC(NC(C)=O)c1ccc(F)cc1. The van der Waals surface area contributed by atoms with Gasteiger partial charge in [-0.1, -0.05) is 12.1 Å². The molecule has 0 aliphatic rings. The first-order chi connectivity index (χ1) is 8.02. The normalized spacial score (nSPS) is 11.7. The standard InChI is InChI=1S/C12H14FNO3/c1-8(15)14-11(7-12(16)17-2)9-3-5-10(13)6-4-9/h3-6,11H,7H2,1-2H3,(H,14,15). The number of esters is 1. The van der Waals surface area contributed by atoms with Crippen LogP contribution in [0.2, 0.25) is 0 Å². The Morgan fingerprint density at radius 3 is 2.41 bits per heavy atom. The molecule has 1 unspecified atom stereocenters. The summed E-state index contributed by atoms with van der Waals surface area (Å²) in [7, 11) is 1.28. The van der Waals surface area contributed by atoms with Gasteiger partial charge in [-0.25, -0.2) is 4.39 Å². The zero-order valence-corrected chi connectivity index (χ0v) is 9.70. The van der Waals surface area contributed by atoms with Crippen LogP contribution in [-0.2, 0) is 14.3 Å². The van der Waals surface area contributed by atoms with Crippen LogP contribution in [0.5, 0.6) is 0 Å². The first-order valence-electron chi connectivity index (χ1n) is 5.12. The van der Waals surface area contributed by atoms with Crippen LogP contribution in [0.1, 0.15) is 24.9 Å². The van der Waals surface area contributed by atoms with Gasteiger partial charge in [0.25, 0.3) is 0 Å². The highest BCUT2D eigenvalue weighted by Crippen LogP contribution is 2.17. The van der Waals surface area contributed by atoms with Gasteiger partial charge in [0, 0.05) is 6.92 Å². The summed E-state index contributed by atoms with van der Waals surface area (Å²) in [6.07, 6.45) is 0.0156. The summed E-state index contributed by atoms with van der Waals surface area (Å²) in [4.78, 5) is 22.2. The zero-order valence-electron chi connectivity index (χ0n) is 9.70. The van der Waals surface area contributed by atoms with Crippen molar-refractivity contribution in [3.8, 4) is 0 Å². The van der Waals surface area contributed by atoms with Crippen molar-refractivity contribution in [1.82, 2.24) is 5.32 Å². The molecule has 1 aromatic carbocycles. The molecule has 1 N–H and O–H groups in total. The van der Waals surface area contributed by atoms with Crippen LogP contribution in [0.4, 0.5) is 4.39 Å². The number of carbonyl (C=O) groups excluding carboxylic acids is 2. The van der Waals surface area contributed by atoms with Gasteiger partial charge in [0.15, 0.2) is 0 Å². The van der Waals surface area contributed by atoms with Crippen molar-refractivity contribution < 1.29 is 18.7 Å². The molecule has 1 aromatic rings. The molecule has 17 heavy (non-hydrogen) atoms. The van der Waals surface area contributed by atoms with Gasteiger partial charge in [0.1, 0.15) is 5.82 Å². The van der Waals surface area contributed by atoms with Crippen molar-refractivity contribution in [2.75, 3.05) is 7.11 Å². The molecule has 92 valence electrons. The van der Waals surface area contributed by atoms with Crippen molar-refractivity contribution >= 4 is 11.9 Å². The molecule has 0 aliphatic carbocycles. The number of halogens is 1. The Morgan fingerprint density at radius 1 is 1.35 bits per heavy atom. The third-order valence-corrected chi connectivity index (χ3v) is 2.25. The van der Waals surface area contributed by atoms with Gasteiger partial charge >= 0.3 is 5.97 Å². The molecule has 0 spiro atoms. The van der Waals surface area contributed by atoms with Gasteiger partial charge in [0.05, 0.1) is 19.6 Å². The molecular formula is C12H14FNO3. The van der Waals surface area contributed by atoms with Crippen LogP contribution >= 0.6 is 0 Å². The monoisotopic (exact) mass is 239 g/mol. The fourth-order valence-corrected chi connectivity index (χ4v) is 1.44. The summed E-state index contributed by atoms with van der Waals surface area (Å²) < 4.78 is 17.3. The molecule has 0 fully saturated rings. The highest BCUT2D eigenvalue weighted by molar-refractivity contribution is 5.75. The Kier molecular flexibility index (Phi) is 4.63. The fourth-order valence-electron chi connectivity index (χ4n) is 1.44. The number of rotatable bonds is 4. The lowest BCUT2D eigenvalue weighted by molar-refractivity contribution is -0.141. The number of carbonyl (C=O) groups is 2. The summed E-state index contributed by atoms with van der Waals surface area (Å²) in [5.41, 5.74) is 0.659. The van der Waals surface area contributed by atoms with E-state index in [1.54, 1.807) is 0 Å². The van der Waals surface area contributed by atoms with Gasteiger partial charge in [0.2, 0.25) is 5.91 Å². The second kappa shape index (κ2) is 5.98. The van der Waals surface area contributed by atoms with E-state index in [0.717, 1.165) is 0 Å². The van der Waals surface area contributed by atoms with E-state index >= 15 is 0 Å². The van der Waals surface area contributed by atoms with E-state index in [1.807, 2.05) is 0 Å². The lowest BCUT2D eigenvalue weighted by Crippen LogP contribution is -2.28. The van der Waals surface area contributed by atoms with Crippen molar-refractivity contribution in [2.24, 2.45) is 0 Å². The van der Waals surface area contributed by atoms with E-state index in [4.69, 9.17) is 0 Å². The van der Waals surface area contributed by atoms with Gasteiger partial charge in [-0.3, -0.25) is 9.59 Å². The predicted octanol–water partition coefficient (Wildman–Crippen LogP) is 1.57. The number of nitrogens with one attached hydrogen (secondary N) is 1. The second-order valence-electron chi connectivity index (χ2n) is 3.58. The molecule has 0 saturated heterocycles. The molecule has 5 heteroatoms. The molecule has 0 bridgehead atoms. The number of hydrogen-bond donors (Lipinski definition) is 1. The van der Waals surface area contributed by atoms with Gasteiger partial charge in [-0.05, 0) is 17.7 Å². The molecule has 1 rings (SSSR count). The van der Waals surface area contributed by atoms with Crippen LogP contribution in [0, 0.1) is 5.82 Å². The molecule has 0 aromatic heterocycles. The highest BCUT2D eigenvalue weighted by atomic mass is 19.1. The Hall–Kier alpha value is -1.91. The summed E-state index contributed by atoms with van der Waals surface area (Å²) in [6.45, 7) is 1.35. The molecule has 1 amide bonds. The van der Waals surface area contributed by atoms with Gasteiger partial charge < -0.3 is 10.1 Å². The largest absolute Gasteiger partial charge is 0.469 e. The number of methoxy groups -OCH3 is 1. The Balaban J connectivity index is 2.85. The molecule has 1 atom stereocenters. The first-order valence-corrected chi connectivity index (χ1v) is 5.12. The van der Waals surface area contributed by atoms with E-state index in [2.05, 4.69) is 10.1 Å². The van der Waals surface area contributed by atoms with Gasteiger partial charge in [-0.15, -0.1) is 0 Å². The van der Waals surface area contributed by atoms with Crippen LogP contribution in [0.25, 0.3) is 0 Å². The summed E-state index contributed by atoms with van der Waals surface area (Å²) in [5.74, 6) is -1.07. The van der Waals surface area contributed by atoms with E-state index in [0.29, 0.717) is 5.56 Å². The van der Waals surface area contributed by atoms with Crippen molar-refractivity contribution in [1.29, 1.82) is 0 Å². The summed E-state index contributed by atoms with van der Waals surface area (Å²) in [6, 6.07) is 5.11. The predicted molar refractivity (Wildman–Crippen MR) is 59.6 cm³/mol. The van der Waals surface area contributed by atoms with E-state index in [-0.39, 0.29) is 18.1 Å². The number of hydrogen-bond acceptors (Lipinski definition) is 3. The van der Waals surface area contributed by atoms with Gasteiger partial charge in [-0.2, -0.15) is 0 Å². The average molecular weight is 239 g/mol. The lowest BCUT2D eigenvalue weighted by Gasteiger charge is -2.17. The molecule has 0 radical (unpaired) electrons. The topological polar surface area (TPSA) is 55.4 Å². The average Bonchev–Trinajstić information content (AvgIpc) is 2.28. The number of ether oxygens (including phenoxy) is 1. The maximum atomic E-state index is 12.8. The molecule has 4 nitrogen and oxygen atoms in total. The minimum Gasteiger partial charge on any atom is -0.469 e. The quantitative estimate of drug-likeness (QED) is 0.811. The molecule has 0 aliphatic heterocycles. The summed E-state index contributed by atoms with van der Waals surface area (Å²) in [5, 5.41) is 2.62. The molecular weight excluding hydrogens is 225 g/mol. The fraction of sp³-hybridized carbons (Fsp3) is 0.333. The van der Waals surface area contributed by atoms with Crippen LogP contribution in [0.15, 0.2) is 24.3 Å². The number of amides is 1. The highest BCUT2D eigenvalue weighted by Gasteiger charge is 2.17. The van der Waals surface area contributed by atoms with Crippen molar-refractivity contribution in [3.63, 3.8) is 0 Å². The minimum absolute atomic E-state index is 0.0156. The lowest BCUT2D eigenvalue weighted by atomic mass is 10.0. The van der Waals surface area contributed by atoms with Crippen molar-refractivity contribution in [3.05, 3.63) is 35.6 Å². The van der Waals surface area contributed by atoms with E-state index in [9.17, 15) is 14.0 Å². The van der Waals surface area contributed by atoms with Crippen molar-refractivity contribution in [2.45, 2.75) is 19.4 Å². The third kappa shape index (κ3) is 4.22.